The molecular formula is C19H27N7S. The minimum atomic E-state index is 0.388. The summed E-state index contributed by atoms with van der Waals surface area (Å²) in [5.41, 5.74) is 1.01. The summed E-state index contributed by atoms with van der Waals surface area (Å²) >= 11 is 1.63. The third-order valence-corrected chi connectivity index (χ3v) is 6.01. The maximum atomic E-state index is 4.77. The van der Waals surface area contributed by atoms with Crippen LogP contribution in [0.15, 0.2) is 17.5 Å². The largest absolute Gasteiger partial charge is 0.351 e. The fourth-order valence-corrected chi connectivity index (χ4v) is 4.50. The molecule has 4 rings (SSSR count). The maximum absolute atomic E-state index is 4.77. The summed E-state index contributed by atoms with van der Waals surface area (Å²) in [6.07, 6.45) is 4.48. The molecule has 0 radical (unpaired) electrons. The Morgan fingerprint density at radius 2 is 1.96 bits per heavy atom. The van der Waals surface area contributed by atoms with E-state index in [1.54, 1.807) is 11.3 Å². The SMILES string of the molecule is CCC1CC(Nc2nc(Nc3cc(C)[nH]n3)c3ccsc3n2)CC(CC)N1. The molecular weight excluding hydrogens is 358 g/mol. The zero-order valence-corrected chi connectivity index (χ0v) is 16.9. The van der Waals surface area contributed by atoms with Crippen LogP contribution in [0, 0.1) is 6.92 Å². The number of hydrogen-bond acceptors (Lipinski definition) is 7. The quantitative estimate of drug-likeness (QED) is 0.509. The van der Waals surface area contributed by atoms with Gasteiger partial charge in [0.25, 0.3) is 0 Å². The number of rotatable bonds is 6. The highest BCUT2D eigenvalue weighted by molar-refractivity contribution is 7.16. The lowest BCUT2D eigenvalue weighted by molar-refractivity contribution is 0.289. The van der Waals surface area contributed by atoms with Crippen LogP contribution >= 0.6 is 11.3 Å². The highest BCUT2D eigenvalue weighted by Gasteiger charge is 2.27. The number of thiophene rings is 1. The third-order valence-electron chi connectivity index (χ3n) is 5.21. The molecule has 0 bridgehead atoms. The standard InChI is InChI=1S/C19H27N7S/c1-4-12-9-14(10-13(5-2)20-12)21-19-23-17(15-6-7-27-18(15)24-19)22-16-8-11(3)25-26-16/h6-8,12-14,20H,4-5,9-10H2,1-3H3,(H3,21,22,23,24,25,26). The molecule has 1 aliphatic rings. The average Bonchev–Trinajstić information content (AvgIpc) is 3.30. The predicted octanol–water partition coefficient (Wildman–Crippen LogP) is 4.19. The second-order valence-corrected chi connectivity index (χ2v) is 8.18. The number of nitrogens with zero attached hydrogens (tertiary/aromatic N) is 3. The van der Waals surface area contributed by atoms with Crippen molar-refractivity contribution < 1.29 is 0 Å². The number of aryl methyl sites for hydroxylation is 1. The van der Waals surface area contributed by atoms with Crippen LogP contribution in [0.4, 0.5) is 17.6 Å². The second-order valence-electron chi connectivity index (χ2n) is 7.29. The van der Waals surface area contributed by atoms with Crippen molar-refractivity contribution >= 4 is 39.1 Å². The number of aromatic nitrogens is 4. The lowest BCUT2D eigenvalue weighted by atomic mass is 9.91. The molecule has 1 saturated heterocycles. The summed E-state index contributed by atoms with van der Waals surface area (Å²) in [5, 5.41) is 21.0. The summed E-state index contributed by atoms with van der Waals surface area (Å²) in [5.74, 6) is 2.25. The fraction of sp³-hybridized carbons (Fsp3) is 0.526. The van der Waals surface area contributed by atoms with E-state index in [2.05, 4.69) is 51.4 Å². The van der Waals surface area contributed by atoms with Gasteiger partial charge < -0.3 is 16.0 Å². The second kappa shape index (κ2) is 7.82. The van der Waals surface area contributed by atoms with Crippen LogP contribution in [0.1, 0.15) is 45.2 Å². The molecule has 0 spiro atoms. The van der Waals surface area contributed by atoms with Crippen LogP contribution in [0.3, 0.4) is 0 Å². The Hall–Kier alpha value is -2.19. The van der Waals surface area contributed by atoms with E-state index in [9.17, 15) is 0 Å². The number of H-pyrrole nitrogens is 1. The molecule has 7 nitrogen and oxygen atoms in total. The lowest BCUT2D eigenvalue weighted by Gasteiger charge is -2.36. The van der Waals surface area contributed by atoms with E-state index in [1.807, 2.05) is 13.0 Å². The zero-order valence-electron chi connectivity index (χ0n) is 16.0. The number of anilines is 3. The molecule has 1 aliphatic heterocycles. The van der Waals surface area contributed by atoms with Crippen LogP contribution in [0.5, 0.6) is 0 Å². The van der Waals surface area contributed by atoms with Gasteiger partial charge in [-0.05, 0) is 44.1 Å². The first-order chi connectivity index (χ1) is 13.1. The molecule has 0 amide bonds. The summed E-state index contributed by atoms with van der Waals surface area (Å²) in [6, 6.07) is 5.51. The zero-order chi connectivity index (χ0) is 18.8. The molecule has 3 aromatic heterocycles. The average molecular weight is 386 g/mol. The highest BCUT2D eigenvalue weighted by Crippen LogP contribution is 2.29. The molecule has 4 heterocycles. The first-order valence-corrected chi connectivity index (χ1v) is 10.6. The Bertz CT molecular complexity index is 890. The van der Waals surface area contributed by atoms with Crippen LogP contribution in [-0.4, -0.2) is 38.3 Å². The smallest absolute Gasteiger partial charge is 0.226 e. The van der Waals surface area contributed by atoms with Gasteiger partial charge in [-0.2, -0.15) is 10.1 Å². The van der Waals surface area contributed by atoms with Crippen LogP contribution in [-0.2, 0) is 0 Å². The van der Waals surface area contributed by atoms with Gasteiger partial charge in [-0.15, -0.1) is 11.3 Å². The molecule has 3 aromatic rings. The summed E-state index contributed by atoms with van der Waals surface area (Å²) in [4.78, 5) is 10.5. The van der Waals surface area contributed by atoms with Gasteiger partial charge in [0.15, 0.2) is 5.82 Å². The van der Waals surface area contributed by atoms with E-state index in [1.165, 1.54) is 0 Å². The summed E-state index contributed by atoms with van der Waals surface area (Å²) in [6.45, 7) is 6.47. The van der Waals surface area contributed by atoms with Crippen molar-refractivity contribution in [2.75, 3.05) is 10.6 Å². The fourth-order valence-electron chi connectivity index (χ4n) is 3.74. The molecule has 27 heavy (non-hydrogen) atoms. The molecule has 0 saturated carbocycles. The minimum absolute atomic E-state index is 0.388. The van der Waals surface area contributed by atoms with Crippen molar-refractivity contribution in [1.82, 2.24) is 25.5 Å². The number of fused-ring (bicyclic) bond motifs is 1. The van der Waals surface area contributed by atoms with Crippen molar-refractivity contribution in [2.45, 2.75) is 64.6 Å². The van der Waals surface area contributed by atoms with Crippen molar-refractivity contribution in [3.8, 4) is 0 Å². The Kier molecular flexibility index (Phi) is 5.27. The number of aromatic amines is 1. The Labute approximate surface area is 163 Å². The number of piperidine rings is 1. The van der Waals surface area contributed by atoms with Gasteiger partial charge in [-0.25, -0.2) is 4.98 Å². The summed E-state index contributed by atoms with van der Waals surface area (Å²) < 4.78 is 0. The van der Waals surface area contributed by atoms with Crippen LogP contribution in [0.25, 0.3) is 10.2 Å². The van der Waals surface area contributed by atoms with Crippen molar-refractivity contribution in [2.24, 2.45) is 0 Å². The molecule has 8 heteroatoms. The molecule has 1 fully saturated rings. The Balaban J connectivity index is 1.58. The van der Waals surface area contributed by atoms with Crippen LogP contribution < -0.4 is 16.0 Å². The molecule has 2 unspecified atom stereocenters. The maximum Gasteiger partial charge on any atom is 0.226 e. The first kappa shape index (κ1) is 18.2. The van der Waals surface area contributed by atoms with E-state index in [-0.39, 0.29) is 0 Å². The van der Waals surface area contributed by atoms with E-state index >= 15 is 0 Å². The van der Waals surface area contributed by atoms with Crippen molar-refractivity contribution in [3.05, 3.63) is 23.2 Å². The van der Waals surface area contributed by atoms with Gasteiger partial charge >= 0.3 is 0 Å². The molecule has 144 valence electrons. The highest BCUT2D eigenvalue weighted by atomic mass is 32.1. The number of nitrogens with one attached hydrogen (secondary N) is 4. The molecule has 2 atom stereocenters. The van der Waals surface area contributed by atoms with E-state index in [0.29, 0.717) is 24.1 Å². The topological polar surface area (TPSA) is 90.5 Å². The monoisotopic (exact) mass is 385 g/mol. The molecule has 4 N–H and O–H groups in total. The van der Waals surface area contributed by atoms with Crippen LogP contribution in [0.2, 0.25) is 0 Å². The van der Waals surface area contributed by atoms with E-state index < -0.39 is 0 Å². The first-order valence-electron chi connectivity index (χ1n) is 9.71. The Morgan fingerprint density at radius 3 is 2.63 bits per heavy atom. The van der Waals surface area contributed by atoms with Gasteiger partial charge in [0.05, 0.1) is 5.39 Å². The molecule has 0 aromatic carbocycles. The van der Waals surface area contributed by atoms with Crippen molar-refractivity contribution in [1.29, 1.82) is 0 Å². The third kappa shape index (κ3) is 4.06. The predicted molar refractivity (Wildman–Crippen MR) is 112 cm³/mol. The molecule has 0 aliphatic carbocycles. The van der Waals surface area contributed by atoms with Crippen molar-refractivity contribution in [3.63, 3.8) is 0 Å². The van der Waals surface area contributed by atoms with Gasteiger partial charge in [0.1, 0.15) is 10.6 Å². The minimum Gasteiger partial charge on any atom is -0.351 e. The Morgan fingerprint density at radius 1 is 1.19 bits per heavy atom. The number of hydrogen-bond donors (Lipinski definition) is 4. The van der Waals surface area contributed by atoms with Gasteiger partial charge in [-0.1, -0.05) is 13.8 Å². The van der Waals surface area contributed by atoms with E-state index in [0.717, 1.165) is 53.2 Å². The van der Waals surface area contributed by atoms with Gasteiger partial charge in [-0.3, -0.25) is 5.10 Å². The van der Waals surface area contributed by atoms with Gasteiger partial charge in [0, 0.05) is 29.9 Å². The van der Waals surface area contributed by atoms with E-state index in [4.69, 9.17) is 9.97 Å². The normalized spacial score (nSPS) is 22.9. The lowest BCUT2D eigenvalue weighted by Crippen LogP contribution is -2.49. The summed E-state index contributed by atoms with van der Waals surface area (Å²) in [7, 11) is 0. The van der Waals surface area contributed by atoms with Gasteiger partial charge in [0.2, 0.25) is 5.95 Å².